The first kappa shape index (κ1) is 9.41. The molecule has 0 unspecified atom stereocenters. The predicted molar refractivity (Wildman–Crippen MR) is 49.3 cm³/mol. The molecule has 1 aromatic heterocycles. The van der Waals surface area contributed by atoms with Gasteiger partial charge in [-0.2, -0.15) is 4.98 Å². The van der Waals surface area contributed by atoms with E-state index in [9.17, 15) is 4.79 Å². The van der Waals surface area contributed by atoms with Crippen LogP contribution in [0.2, 0.25) is 5.28 Å². The first-order valence-corrected chi connectivity index (χ1v) is 4.26. The van der Waals surface area contributed by atoms with Crippen molar-refractivity contribution in [3.63, 3.8) is 0 Å². The Hall–Kier alpha value is -0.680. The Labute approximate surface area is 82.5 Å². The second-order valence-electron chi connectivity index (χ2n) is 1.88. The molecule has 4 nitrogen and oxygen atoms in total. The van der Waals surface area contributed by atoms with Gasteiger partial charge in [-0.05, 0) is 27.5 Å². The number of hydrogen-bond acceptors (Lipinski definition) is 4. The van der Waals surface area contributed by atoms with Gasteiger partial charge in [0.05, 0.1) is 11.0 Å². The summed E-state index contributed by atoms with van der Waals surface area (Å²) in [5.74, 6) is 0.516. The molecule has 0 spiro atoms. The van der Waals surface area contributed by atoms with Gasteiger partial charge in [-0.15, -0.1) is 0 Å². The van der Waals surface area contributed by atoms with Crippen molar-refractivity contribution in [1.82, 2.24) is 9.97 Å². The van der Waals surface area contributed by atoms with Crippen LogP contribution in [0.1, 0.15) is 0 Å². The summed E-state index contributed by atoms with van der Waals surface area (Å²) in [6, 6.07) is 0. The van der Waals surface area contributed by atoms with Crippen molar-refractivity contribution in [3.8, 4) is 0 Å². The zero-order valence-electron chi connectivity index (χ0n) is 5.92. The minimum absolute atomic E-state index is 0.145. The number of halogens is 2. The van der Waals surface area contributed by atoms with Crippen LogP contribution in [0, 0.1) is 0 Å². The third-order valence-corrected chi connectivity index (χ3v) is 1.83. The van der Waals surface area contributed by atoms with Gasteiger partial charge in [0.15, 0.2) is 0 Å². The molecule has 0 amide bonds. The number of nitrogens with zero attached hydrogens (tertiary/aromatic N) is 2. The Morgan fingerprint density at radius 2 is 2.50 bits per heavy atom. The normalized spacial score (nSPS) is 9.50. The number of carbonyl (C=O) groups excluding carboxylic acids is 1. The second-order valence-corrected chi connectivity index (χ2v) is 3.08. The molecule has 0 fully saturated rings. The Morgan fingerprint density at radius 1 is 1.75 bits per heavy atom. The van der Waals surface area contributed by atoms with E-state index in [1.54, 1.807) is 0 Å². The van der Waals surface area contributed by atoms with Crippen LogP contribution in [-0.4, -0.2) is 22.8 Å². The molecule has 0 aliphatic carbocycles. The van der Waals surface area contributed by atoms with E-state index in [0.717, 1.165) is 6.29 Å². The summed E-state index contributed by atoms with van der Waals surface area (Å²) in [7, 11) is 0. The van der Waals surface area contributed by atoms with Gasteiger partial charge in [0.2, 0.25) is 5.28 Å². The van der Waals surface area contributed by atoms with E-state index in [2.05, 4.69) is 31.2 Å². The highest BCUT2D eigenvalue weighted by atomic mass is 79.9. The Morgan fingerprint density at radius 3 is 3.17 bits per heavy atom. The smallest absolute Gasteiger partial charge is 0.224 e. The zero-order chi connectivity index (χ0) is 8.97. The first-order chi connectivity index (χ1) is 5.74. The SMILES string of the molecule is O=CCNc1nc(Cl)ncc1Br. The third kappa shape index (κ3) is 2.42. The maximum absolute atomic E-state index is 10.0. The average Bonchev–Trinajstić information content (AvgIpc) is 2.07. The van der Waals surface area contributed by atoms with Gasteiger partial charge in [-0.25, -0.2) is 4.98 Å². The number of aromatic nitrogens is 2. The third-order valence-electron chi connectivity index (χ3n) is 1.07. The second kappa shape index (κ2) is 4.37. The van der Waals surface area contributed by atoms with Gasteiger partial charge >= 0.3 is 0 Å². The summed E-state index contributed by atoms with van der Waals surface area (Å²) in [5.41, 5.74) is 0. The van der Waals surface area contributed by atoms with Crippen molar-refractivity contribution in [1.29, 1.82) is 0 Å². The maximum atomic E-state index is 10.0. The highest BCUT2D eigenvalue weighted by Gasteiger charge is 2.01. The first-order valence-electron chi connectivity index (χ1n) is 3.09. The van der Waals surface area contributed by atoms with E-state index in [1.807, 2.05) is 0 Å². The van der Waals surface area contributed by atoms with Gasteiger partial charge in [0.1, 0.15) is 12.1 Å². The molecule has 1 rings (SSSR count). The van der Waals surface area contributed by atoms with Gasteiger partial charge in [-0.1, -0.05) is 0 Å². The highest BCUT2D eigenvalue weighted by molar-refractivity contribution is 9.10. The van der Waals surface area contributed by atoms with Crippen molar-refractivity contribution in [2.24, 2.45) is 0 Å². The molecule has 0 radical (unpaired) electrons. The Bertz CT molecular complexity index is 294. The van der Waals surface area contributed by atoms with E-state index in [4.69, 9.17) is 11.6 Å². The van der Waals surface area contributed by atoms with E-state index in [0.29, 0.717) is 10.3 Å². The maximum Gasteiger partial charge on any atom is 0.224 e. The molecule has 1 aromatic rings. The average molecular weight is 250 g/mol. The van der Waals surface area contributed by atoms with Crippen LogP contribution in [0.15, 0.2) is 10.7 Å². The lowest BCUT2D eigenvalue weighted by Crippen LogP contribution is -2.05. The minimum Gasteiger partial charge on any atom is -0.362 e. The van der Waals surface area contributed by atoms with Crippen molar-refractivity contribution in [2.45, 2.75) is 0 Å². The molecule has 0 saturated heterocycles. The van der Waals surface area contributed by atoms with E-state index >= 15 is 0 Å². The Kier molecular flexibility index (Phi) is 3.43. The van der Waals surface area contributed by atoms with E-state index in [1.165, 1.54) is 6.20 Å². The largest absolute Gasteiger partial charge is 0.362 e. The van der Waals surface area contributed by atoms with Gasteiger partial charge in [0, 0.05) is 6.20 Å². The molecule has 0 aromatic carbocycles. The van der Waals surface area contributed by atoms with E-state index < -0.39 is 0 Å². The van der Waals surface area contributed by atoms with Crippen LogP contribution in [-0.2, 0) is 4.79 Å². The summed E-state index contributed by atoms with van der Waals surface area (Å²) in [6.45, 7) is 0.200. The molecule has 0 aliphatic rings. The predicted octanol–water partition coefficient (Wildman–Crippen LogP) is 1.50. The topological polar surface area (TPSA) is 54.9 Å². The number of hydrogen-bond donors (Lipinski definition) is 1. The molecule has 0 bridgehead atoms. The number of rotatable bonds is 3. The fourth-order valence-electron chi connectivity index (χ4n) is 0.608. The molecule has 0 aliphatic heterocycles. The van der Waals surface area contributed by atoms with Gasteiger partial charge < -0.3 is 10.1 Å². The van der Waals surface area contributed by atoms with Crippen LogP contribution in [0.5, 0.6) is 0 Å². The van der Waals surface area contributed by atoms with Crippen molar-refractivity contribution in [3.05, 3.63) is 16.0 Å². The Balaban J connectivity index is 2.82. The van der Waals surface area contributed by atoms with Crippen LogP contribution < -0.4 is 5.32 Å². The zero-order valence-corrected chi connectivity index (χ0v) is 8.26. The summed E-state index contributed by atoms with van der Waals surface area (Å²) in [5, 5.41) is 2.90. The van der Waals surface area contributed by atoms with Crippen molar-refractivity contribution in [2.75, 3.05) is 11.9 Å². The van der Waals surface area contributed by atoms with Crippen molar-refractivity contribution < 1.29 is 4.79 Å². The van der Waals surface area contributed by atoms with Crippen molar-refractivity contribution >= 4 is 39.6 Å². The molecule has 0 saturated carbocycles. The number of carbonyl (C=O) groups is 1. The van der Waals surface area contributed by atoms with E-state index in [-0.39, 0.29) is 11.8 Å². The molecule has 64 valence electrons. The fourth-order valence-corrected chi connectivity index (χ4v) is 1.07. The summed E-state index contributed by atoms with van der Waals surface area (Å²) in [4.78, 5) is 17.6. The molecule has 1 heterocycles. The van der Waals surface area contributed by atoms with Gasteiger partial charge in [-0.3, -0.25) is 0 Å². The molecular formula is C6H5BrClN3O. The molecular weight excluding hydrogens is 245 g/mol. The van der Waals surface area contributed by atoms with Crippen LogP contribution in [0.4, 0.5) is 5.82 Å². The number of anilines is 1. The molecule has 6 heteroatoms. The summed E-state index contributed by atoms with van der Waals surface area (Å²) in [6.07, 6.45) is 2.25. The quantitative estimate of drug-likeness (QED) is 0.652. The van der Waals surface area contributed by atoms with Crippen LogP contribution >= 0.6 is 27.5 Å². The standard InChI is InChI=1S/C6H5BrClN3O/c7-4-3-10-6(8)11-5(4)9-1-2-12/h2-3H,1H2,(H,9,10,11). The fraction of sp³-hybridized carbons (Fsp3) is 0.167. The minimum atomic E-state index is 0.145. The monoisotopic (exact) mass is 249 g/mol. The lowest BCUT2D eigenvalue weighted by molar-refractivity contribution is -0.106. The number of aldehydes is 1. The van der Waals surface area contributed by atoms with Gasteiger partial charge in [0.25, 0.3) is 0 Å². The lowest BCUT2D eigenvalue weighted by Gasteiger charge is -2.02. The molecule has 12 heavy (non-hydrogen) atoms. The molecule has 0 atom stereocenters. The lowest BCUT2D eigenvalue weighted by atomic mass is 10.5. The summed E-state index contributed by atoms with van der Waals surface area (Å²) < 4.78 is 0.675. The molecule has 1 N–H and O–H groups in total. The number of nitrogens with one attached hydrogen (secondary N) is 1. The highest BCUT2D eigenvalue weighted by Crippen LogP contribution is 2.19. The van der Waals surface area contributed by atoms with Crippen LogP contribution in [0.3, 0.4) is 0 Å². The van der Waals surface area contributed by atoms with Crippen LogP contribution in [0.25, 0.3) is 0 Å². The summed E-state index contributed by atoms with van der Waals surface area (Å²) >= 11 is 8.72.